The lowest BCUT2D eigenvalue weighted by molar-refractivity contribution is -0.870. The van der Waals surface area contributed by atoms with Crippen molar-refractivity contribution in [3.8, 4) is 0 Å². The maximum absolute atomic E-state index is 13.0. The first kappa shape index (κ1) is 93.5. The summed E-state index contributed by atoms with van der Waals surface area (Å²) >= 11 is 0. The number of esters is 2. The predicted molar refractivity (Wildman–Crippen MR) is 417 cm³/mol. The molecule has 0 rings (SSSR count). The first-order valence-corrected chi connectivity index (χ1v) is 41.7. The van der Waals surface area contributed by atoms with Crippen molar-refractivity contribution in [2.75, 3.05) is 47.5 Å². The van der Waals surface area contributed by atoms with Gasteiger partial charge in [-0.2, -0.15) is 0 Å². The fraction of sp³-hybridized carbons (Fsp3) is 0.807. The SMILES string of the molecule is CC/C=C\C/C=C\C/C=C\C/C=C\C/C=C\CCCCCCCCCCCCCCCCCCCCCCCC(=O)OC(COC(=O)CCCCCCCCCCCCCCCCCCCCCCCCC/C=C\C/C=C\CCCCCCC)COC(OCC[N+](C)(C)C)C(=O)[O-]. The molecule has 97 heavy (non-hydrogen) atoms. The number of aliphatic carboxylic acids is 1. The highest BCUT2D eigenvalue weighted by Crippen LogP contribution is 2.20. The van der Waals surface area contributed by atoms with Crippen molar-refractivity contribution >= 4 is 17.9 Å². The van der Waals surface area contributed by atoms with Crippen LogP contribution < -0.4 is 5.11 Å². The molecule has 0 aromatic rings. The Morgan fingerprint density at radius 1 is 0.320 bits per heavy atom. The molecular formula is C88H159NO8. The maximum atomic E-state index is 13.0. The van der Waals surface area contributed by atoms with Crippen molar-refractivity contribution in [1.29, 1.82) is 0 Å². The Morgan fingerprint density at radius 2 is 0.588 bits per heavy atom. The number of hydrogen-bond acceptors (Lipinski definition) is 8. The molecule has 0 aliphatic carbocycles. The van der Waals surface area contributed by atoms with Gasteiger partial charge in [0.15, 0.2) is 12.4 Å². The van der Waals surface area contributed by atoms with Crippen LogP contribution in [0.3, 0.4) is 0 Å². The first-order chi connectivity index (χ1) is 47.6. The van der Waals surface area contributed by atoms with Crippen LogP contribution in [0.15, 0.2) is 85.1 Å². The van der Waals surface area contributed by atoms with Gasteiger partial charge < -0.3 is 33.3 Å². The Morgan fingerprint density at radius 3 is 0.876 bits per heavy atom. The van der Waals surface area contributed by atoms with E-state index < -0.39 is 24.3 Å². The average Bonchev–Trinajstić information content (AvgIpc) is 3.11. The third kappa shape index (κ3) is 79.7. The topological polar surface area (TPSA) is 111 Å². The van der Waals surface area contributed by atoms with Gasteiger partial charge in [-0.15, -0.1) is 0 Å². The maximum Gasteiger partial charge on any atom is 0.306 e. The molecule has 0 saturated carbocycles. The Balaban J connectivity index is 3.96. The van der Waals surface area contributed by atoms with Gasteiger partial charge in [-0.3, -0.25) is 9.59 Å². The number of rotatable bonds is 78. The predicted octanol–water partition coefficient (Wildman–Crippen LogP) is 25.6. The van der Waals surface area contributed by atoms with Crippen molar-refractivity contribution in [3.63, 3.8) is 0 Å². The molecule has 2 unspecified atom stereocenters. The molecule has 0 amide bonds. The summed E-state index contributed by atoms with van der Waals surface area (Å²) in [6, 6.07) is 0. The molecule has 0 N–H and O–H groups in total. The van der Waals surface area contributed by atoms with Crippen LogP contribution in [0, 0.1) is 0 Å². The summed E-state index contributed by atoms with van der Waals surface area (Å²) in [4.78, 5) is 37.6. The number of likely N-dealkylation sites (N-methyl/N-ethyl adjacent to an activating group) is 1. The van der Waals surface area contributed by atoms with Crippen molar-refractivity contribution in [1.82, 2.24) is 0 Å². The summed E-state index contributed by atoms with van der Waals surface area (Å²) in [6.45, 7) is 4.69. The summed E-state index contributed by atoms with van der Waals surface area (Å²) in [7, 11) is 5.95. The van der Waals surface area contributed by atoms with Crippen molar-refractivity contribution in [2.24, 2.45) is 0 Å². The highest BCUT2D eigenvalue weighted by atomic mass is 16.7. The number of ether oxygens (including phenoxy) is 4. The van der Waals surface area contributed by atoms with Crippen molar-refractivity contribution < 1.29 is 42.9 Å². The molecule has 9 nitrogen and oxygen atoms in total. The van der Waals surface area contributed by atoms with Gasteiger partial charge in [0.25, 0.3) is 0 Å². The number of quaternary nitrogens is 1. The molecule has 0 fully saturated rings. The zero-order valence-corrected chi connectivity index (χ0v) is 64.7. The number of carbonyl (C=O) groups is 3. The zero-order valence-electron chi connectivity index (χ0n) is 64.7. The third-order valence-electron chi connectivity index (χ3n) is 18.6. The number of carboxylic acids is 1. The van der Waals surface area contributed by atoms with Crippen LogP contribution >= 0.6 is 0 Å². The van der Waals surface area contributed by atoms with Crippen LogP contribution in [-0.4, -0.2) is 82.3 Å². The molecule has 0 spiro atoms. The molecule has 9 heteroatoms. The highest BCUT2D eigenvalue weighted by Gasteiger charge is 2.22. The lowest BCUT2D eigenvalue weighted by Crippen LogP contribution is -2.44. The molecule has 0 aromatic heterocycles. The van der Waals surface area contributed by atoms with Gasteiger partial charge in [0.2, 0.25) is 0 Å². The quantitative estimate of drug-likeness (QED) is 0.0195. The van der Waals surface area contributed by atoms with Crippen LogP contribution in [0.1, 0.15) is 399 Å². The van der Waals surface area contributed by atoms with Gasteiger partial charge in [-0.05, 0) is 89.9 Å². The van der Waals surface area contributed by atoms with E-state index in [1.54, 1.807) is 0 Å². The Labute approximate surface area is 601 Å². The molecule has 0 radical (unpaired) electrons. The van der Waals surface area contributed by atoms with E-state index in [-0.39, 0.29) is 32.2 Å². The number of allylic oxidation sites excluding steroid dienone is 14. The fourth-order valence-corrected chi connectivity index (χ4v) is 12.3. The van der Waals surface area contributed by atoms with E-state index in [0.29, 0.717) is 23.9 Å². The molecular weight excluding hydrogens is 1200 g/mol. The van der Waals surface area contributed by atoms with Gasteiger partial charge in [0.05, 0.1) is 40.3 Å². The molecule has 0 aliphatic rings. The highest BCUT2D eigenvalue weighted by molar-refractivity contribution is 5.70. The summed E-state index contributed by atoms with van der Waals surface area (Å²) in [6.07, 6.45) is 104. The zero-order chi connectivity index (χ0) is 70.4. The lowest BCUT2D eigenvalue weighted by atomic mass is 10.0. The number of unbranched alkanes of at least 4 members (excludes halogenated alkanes) is 49. The van der Waals surface area contributed by atoms with E-state index in [2.05, 4.69) is 98.9 Å². The van der Waals surface area contributed by atoms with Crippen molar-refractivity contribution in [3.05, 3.63) is 85.1 Å². The first-order valence-electron chi connectivity index (χ1n) is 41.7. The monoisotopic (exact) mass is 1360 g/mol. The van der Waals surface area contributed by atoms with E-state index in [4.69, 9.17) is 18.9 Å². The second kappa shape index (κ2) is 78.2. The fourth-order valence-electron chi connectivity index (χ4n) is 12.3. The third-order valence-corrected chi connectivity index (χ3v) is 18.6. The minimum absolute atomic E-state index is 0.149. The van der Waals surface area contributed by atoms with Gasteiger partial charge in [-0.1, -0.05) is 381 Å². The van der Waals surface area contributed by atoms with Gasteiger partial charge >= 0.3 is 11.9 Å². The van der Waals surface area contributed by atoms with Crippen LogP contribution in [0.4, 0.5) is 0 Å². The van der Waals surface area contributed by atoms with Crippen molar-refractivity contribution in [2.45, 2.75) is 411 Å². The van der Waals surface area contributed by atoms with E-state index in [1.807, 2.05) is 21.1 Å². The molecule has 0 aromatic carbocycles. The molecule has 2 atom stereocenters. The summed E-state index contributed by atoms with van der Waals surface area (Å²) < 4.78 is 22.9. The van der Waals surface area contributed by atoms with Crippen LogP contribution in [0.2, 0.25) is 0 Å². The number of carboxylic acid groups (broad SMARTS) is 1. The molecule has 0 bridgehead atoms. The largest absolute Gasteiger partial charge is 0.545 e. The normalized spacial score (nSPS) is 13.0. The number of hydrogen-bond donors (Lipinski definition) is 0. The minimum atomic E-state index is -1.62. The van der Waals surface area contributed by atoms with E-state index >= 15 is 0 Å². The molecule has 564 valence electrons. The van der Waals surface area contributed by atoms with Crippen LogP contribution in [0.25, 0.3) is 0 Å². The second-order valence-corrected chi connectivity index (χ2v) is 29.4. The average molecular weight is 1360 g/mol. The van der Waals surface area contributed by atoms with Gasteiger partial charge in [-0.25, -0.2) is 0 Å². The second-order valence-electron chi connectivity index (χ2n) is 29.4. The van der Waals surface area contributed by atoms with Gasteiger partial charge in [0, 0.05) is 12.8 Å². The Bertz CT molecular complexity index is 1870. The number of nitrogens with zero attached hydrogens (tertiary/aromatic N) is 1. The van der Waals surface area contributed by atoms with E-state index in [1.165, 1.54) is 295 Å². The lowest BCUT2D eigenvalue weighted by Gasteiger charge is -2.26. The smallest absolute Gasteiger partial charge is 0.306 e. The van der Waals surface area contributed by atoms with Crippen LogP contribution in [-0.2, 0) is 33.3 Å². The molecule has 0 saturated heterocycles. The van der Waals surface area contributed by atoms with Crippen LogP contribution in [0.5, 0.6) is 0 Å². The molecule has 0 aliphatic heterocycles. The van der Waals surface area contributed by atoms with E-state index in [9.17, 15) is 19.5 Å². The Kier molecular flexibility index (Phi) is 75.3. The standard InChI is InChI=1S/C88H159NO8/c1-6-8-10-12-14-16-18-20-22-24-26-28-30-32-34-36-38-40-42-43-45-47-49-51-53-55-57-59-61-63-65-67-69-71-73-75-77-79-86(91)97-84(83-96-88(87(92)93)94-81-80-89(3,4)5)82-95-85(90)78-76-74-72-70-68-66-64-62-60-58-56-54-52-50-48-46-44-41-39-37-35-33-31-29-27-25-23-21-19-17-15-13-11-9-7-2/h8,10,14,16,19-22,25-28,32,34,84,88H,6-7,9,11-13,15,17-18,23-24,29-31,33,35-83H2,1-5H3/b10-8-,16-14-,21-19-,22-20-,27-25-,28-26-,34-32-. The number of carbonyl (C=O) groups excluding carboxylic acids is 3. The van der Waals surface area contributed by atoms with Gasteiger partial charge in [0.1, 0.15) is 13.2 Å². The summed E-state index contributed by atoms with van der Waals surface area (Å²) in [5, 5.41) is 11.9. The summed E-state index contributed by atoms with van der Waals surface area (Å²) in [5.41, 5.74) is 0. The van der Waals surface area contributed by atoms with E-state index in [0.717, 1.165) is 70.6 Å². The minimum Gasteiger partial charge on any atom is -0.545 e. The Hall–Kier alpha value is -3.53. The molecule has 0 heterocycles. The summed E-state index contributed by atoms with van der Waals surface area (Å²) in [5.74, 6) is -2.25.